The third kappa shape index (κ3) is 4.35. The molecule has 0 aromatic heterocycles. The van der Waals surface area contributed by atoms with Crippen molar-refractivity contribution in [2.45, 2.75) is 31.5 Å². The van der Waals surface area contributed by atoms with Crippen LogP contribution in [0.2, 0.25) is 0 Å². The van der Waals surface area contributed by atoms with Gasteiger partial charge in [0.05, 0.1) is 38.3 Å². The van der Waals surface area contributed by atoms with Crippen LogP contribution in [0, 0.1) is 0 Å². The van der Waals surface area contributed by atoms with Crippen LogP contribution in [-0.4, -0.2) is 71.0 Å². The fourth-order valence-corrected chi connectivity index (χ4v) is 1.84. The maximum Gasteiger partial charge on any atom is 0.326 e. The monoisotopic (exact) mass is 289 g/mol. The van der Waals surface area contributed by atoms with E-state index in [2.05, 4.69) is 5.32 Å². The van der Waals surface area contributed by atoms with Crippen molar-refractivity contribution < 1.29 is 29.3 Å². The van der Waals surface area contributed by atoms with Gasteiger partial charge in [-0.15, -0.1) is 0 Å². The van der Waals surface area contributed by atoms with E-state index in [1.165, 1.54) is 4.90 Å². The van der Waals surface area contributed by atoms with E-state index in [0.717, 1.165) is 0 Å². The van der Waals surface area contributed by atoms with Gasteiger partial charge in [-0.25, -0.2) is 9.59 Å². The first-order chi connectivity index (χ1) is 9.35. The average molecular weight is 289 g/mol. The number of nitrogens with zero attached hydrogens (tertiary/aromatic N) is 1. The number of hydrogen-bond acceptors (Lipinski definition) is 5. The minimum absolute atomic E-state index is 0.145. The molecule has 0 aromatic carbocycles. The van der Waals surface area contributed by atoms with E-state index >= 15 is 0 Å². The van der Waals surface area contributed by atoms with Crippen LogP contribution in [0.4, 0.5) is 4.79 Å². The minimum Gasteiger partial charge on any atom is -0.480 e. The van der Waals surface area contributed by atoms with Crippen molar-refractivity contribution in [1.82, 2.24) is 10.2 Å². The van der Waals surface area contributed by atoms with Gasteiger partial charge in [0.1, 0.15) is 6.04 Å². The van der Waals surface area contributed by atoms with Crippen LogP contribution in [0.15, 0.2) is 0 Å². The summed E-state index contributed by atoms with van der Waals surface area (Å²) in [5, 5.41) is 20.2. The second-order valence-electron chi connectivity index (χ2n) is 4.65. The lowest BCUT2D eigenvalue weighted by molar-refractivity contribution is -0.141. The molecule has 1 fully saturated rings. The van der Waals surface area contributed by atoms with E-state index in [-0.39, 0.29) is 25.8 Å². The summed E-state index contributed by atoms with van der Waals surface area (Å²) in [7, 11) is 0. The number of hydrogen-bond donors (Lipinski definition) is 4. The van der Waals surface area contributed by atoms with E-state index in [4.69, 9.17) is 20.7 Å². The van der Waals surface area contributed by atoms with E-state index < -0.39 is 36.5 Å². The van der Waals surface area contributed by atoms with Gasteiger partial charge in [0, 0.05) is 0 Å². The van der Waals surface area contributed by atoms with Crippen LogP contribution in [-0.2, 0) is 14.3 Å². The summed E-state index contributed by atoms with van der Waals surface area (Å²) in [5.74, 6) is -2.15. The third-order valence-corrected chi connectivity index (χ3v) is 2.97. The lowest BCUT2D eigenvalue weighted by Crippen LogP contribution is -2.57. The first-order valence-corrected chi connectivity index (χ1v) is 6.15. The highest BCUT2D eigenvalue weighted by Crippen LogP contribution is 2.12. The molecule has 0 bridgehead atoms. The van der Waals surface area contributed by atoms with Gasteiger partial charge in [-0.1, -0.05) is 0 Å². The van der Waals surface area contributed by atoms with E-state index in [1.54, 1.807) is 6.92 Å². The number of aliphatic hydroxyl groups is 1. The fraction of sp³-hybridized carbons (Fsp3) is 0.727. The first-order valence-electron chi connectivity index (χ1n) is 6.15. The van der Waals surface area contributed by atoms with E-state index in [9.17, 15) is 14.4 Å². The molecular formula is C11H19N3O6. The number of aliphatic carboxylic acids is 1. The van der Waals surface area contributed by atoms with Crippen LogP contribution < -0.4 is 11.1 Å². The van der Waals surface area contributed by atoms with Gasteiger partial charge in [0.15, 0.2) is 0 Å². The summed E-state index contributed by atoms with van der Waals surface area (Å²) in [4.78, 5) is 35.1. The molecule has 9 heteroatoms. The highest BCUT2D eigenvalue weighted by molar-refractivity contribution is 5.87. The number of carboxylic acids is 1. The van der Waals surface area contributed by atoms with E-state index in [1.807, 2.05) is 0 Å². The van der Waals surface area contributed by atoms with Gasteiger partial charge in [0.25, 0.3) is 0 Å². The number of nitrogens with one attached hydrogen (secondary N) is 1. The SMILES string of the molecule is CC1COC(CO)CN1C(=O)N[C@H](CC(N)=O)C(=O)O. The Morgan fingerprint density at radius 2 is 2.15 bits per heavy atom. The summed E-state index contributed by atoms with van der Waals surface area (Å²) in [5.41, 5.74) is 4.94. The molecule has 5 N–H and O–H groups in total. The van der Waals surface area contributed by atoms with E-state index in [0.29, 0.717) is 0 Å². The first kappa shape index (κ1) is 16.2. The Morgan fingerprint density at radius 3 is 2.65 bits per heavy atom. The van der Waals surface area contributed by atoms with Crippen LogP contribution in [0.5, 0.6) is 0 Å². The number of ether oxygens (including phenoxy) is 1. The van der Waals surface area contributed by atoms with Gasteiger partial charge < -0.3 is 30.9 Å². The molecule has 1 rings (SSSR count). The molecular weight excluding hydrogens is 270 g/mol. The zero-order chi connectivity index (χ0) is 15.3. The topological polar surface area (TPSA) is 142 Å². The maximum absolute atomic E-state index is 12.0. The van der Waals surface area contributed by atoms with Crippen molar-refractivity contribution in [2.24, 2.45) is 5.73 Å². The zero-order valence-corrected chi connectivity index (χ0v) is 11.1. The van der Waals surface area contributed by atoms with Gasteiger partial charge >= 0.3 is 12.0 Å². The molecule has 1 heterocycles. The Bertz CT molecular complexity index is 388. The zero-order valence-electron chi connectivity index (χ0n) is 11.1. The quantitative estimate of drug-likeness (QED) is 0.466. The van der Waals surface area contributed by atoms with Gasteiger partial charge in [0.2, 0.25) is 5.91 Å². The summed E-state index contributed by atoms with van der Waals surface area (Å²) in [6.45, 7) is 1.88. The molecule has 9 nitrogen and oxygen atoms in total. The molecule has 0 radical (unpaired) electrons. The molecule has 114 valence electrons. The number of nitrogens with two attached hydrogens (primary N) is 1. The third-order valence-electron chi connectivity index (χ3n) is 2.97. The number of rotatable bonds is 5. The maximum atomic E-state index is 12.0. The number of morpholine rings is 1. The minimum atomic E-state index is -1.37. The lowest BCUT2D eigenvalue weighted by Gasteiger charge is -2.37. The largest absolute Gasteiger partial charge is 0.480 e. The standard InChI is InChI=1S/C11H19N3O6/c1-6-5-20-7(4-15)3-14(6)11(19)13-8(10(17)18)2-9(12)16/h6-8,15H,2-5H2,1H3,(H2,12,16)(H,13,19)(H,17,18)/t6?,7?,8-/m1/s1. The Kier molecular flexibility index (Phi) is 5.71. The number of urea groups is 1. The second-order valence-corrected chi connectivity index (χ2v) is 4.65. The van der Waals surface area contributed by atoms with Crippen molar-refractivity contribution in [3.63, 3.8) is 0 Å². The van der Waals surface area contributed by atoms with Crippen molar-refractivity contribution in [3.8, 4) is 0 Å². The van der Waals surface area contributed by atoms with Crippen molar-refractivity contribution in [2.75, 3.05) is 19.8 Å². The Balaban J connectivity index is 2.67. The number of amides is 3. The number of carbonyl (C=O) groups is 3. The smallest absolute Gasteiger partial charge is 0.326 e. The molecule has 0 aliphatic carbocycles. The molecule has 0 spiro atoms. The number of carbonyl (C=O) groups excluding carboxylic acids is 2. The van der Waals surface area contributed by atoms with Crippen LogP contribution >= 0.6 is 0 Å². The molecule has 0 aromatic rings. The molecule has 2 unspecified atom stereocenters. The second kappa shape index (κ2) is 7.06. The van der Waals surface area contributed by atoms with Crippen molar-refractivity contribution in [3.05, 3.63) is 0 Å². The van der Waals surface area contributed by atoms with Crippen molar-refractivity contribution >= 4 is 17.9 Å². The molecule has 1 saturated heterocycles. The highest BCUT2D eigenvalue weighted by Gasteiger charge is 2.32. The molecule has 1 aliphatic rings. The highest BCUT2D eigenvalue weighted by atomic mass is 16.5. The fourth-order valence-electron chi connectivity index (χ4n) is 1.84. The lowest BCUT2D eigenvalue weighted by atomic mass is 10.2. The Morgan fingerprint density at radius 1 is 1.50 bits per heavy atom. The Labute approximate surface area is 115 Å². The number of carboxylic acid groups (broad SMARTS) is 1. The van der Waals surface area contributed by atoms with Gasteiger partial charge in [-0.3, -0.25) is 4.79 Å². The van der Waals surface area contributed by atoms with Crippen LogP contribution in [0.3, 0.4) is 0 Å². The molecule has 3 amide bonds. The van der Waals surface area contributed by atoms with Gasteiger partial charge in [-0.2, -0.15) is 0 Å². The average Bonchev–Trinajstić information content (AvgIpc) is 2.37. The van der Waals surface area contributed by atoms with Crippen LogP contribution in [0.25, 0.3) is 0 Å². The predicted octanol–water partition coefficient (Wildman–Crippen LogP) is -1.89. The molecule has 20 heavy (non-hydrogen) atoms. The van der Waals surface area contributed by atoms with Gasteiger partial charge in [-0.05, 0) is 6.92 Å². The summed E-state index contributed by atoms with van der Waals surface area (Å²) < 4.78 is 5.27. The number of aliphatic hydroxyl groups excluding tert-OH is 1. The number of primary amides is 1. The van der Waals surface area contributed by atoms with Crippen LogP contribution in [0.1, 0.15) is 13.3 Å². The normalized spacial score (nSPS) is 24.0. The Hall–Kier alpha value is -1.87. The van der Waals surface area contributed by atoms with Crippen molar-refractivity contribution in [1.29, 1.82) is 0 Å². The molecule has 3 atom stereocenters. The predicted molar refractivity (Wildman–Crippen MR) is 66.8 cm³/mol. The molecule has 0 saturated carbocycles. The summed E-state index contributed by atoms with van der Waals surface area (Å²) >= 11 is 0. The molecule has 1 aliphatic heterocycles. The summed E-state index contributed by atoms with van der Waals surface area (Å²) in [6, 6.07) is -2.27. The summed E-state index contributed by atoms with van der Waals surface area (Å²) in [6.07, 6.45) is -0.986.